The minimum absolute atomic E-state index is 0.111. The number of amides is 1. The van der Waals surface area contributed by atoms with Crippen LogP contribution in [0.25, 0.3) is 6.08 Å². The number of Topliss-reactive ketones (excluding diaryl/α,β-unsaturated/α-hetero) is 1. The third-order valence-corrected chi connectivity index (χ3v) is 5.33. The van der Waals surface area contributed by atoms with Crippen LogP contribution in [0.15, 0.2) is 36.4 Å². The molecule has 1 amide bonds. The van der Waals surface area contributed by atoms with Crippen molar-refractivity contribution in [3.8, 4) is 0 Å². The topological polar surface area (TPSA) is 89.3 Å². The summed E-state index contributed by atoms with van der Waals surface area (Å²) in [5.74, 6) is -5.47. The smallest absolute Gasteiger partial charge is 0.347 e. The summed E-state index contributed by atoms with van der Waals surface area (Å²) in [7, 11) is 0. The molecule has 0 aliphatic heterocycles. The van der Waals surface area contributed by atoms with Gasteiger partial charge < -0.3 is 5.32 Å². The van der Waals surface area contributed by atoms with E-state index in [1.165, 1.54) is 0 Å². The van der Waals surface area contributed by atoms with Gasteiger partial charge in [0.2, 0.25) is 5.91 Å². The first-order valence-electron chi connectivity index (χ1n) is 10.0. The minimum atomic E-state index is -4.88. The average Bonchev–Trinajstić information content (AvgIpc) is 2.78. The zero-order chi connectivity index (χ0) is 28.1. The van der Waals surface area contributed by atoms with Crippen LogP contribution in [-0.4, -0.2) is 35.5 Å². The number of nitro groups is 1. The van der Waals surface area contributed by atoms with Gasteiger partial charge in [-0.05, 0) is 29.3 Å². The Morgan fingerprint density at radius 3 is 2.14 bits per heavy atom. The summed E-state index contributed by atoms with van der Waals surface area (Å²) in [4.78, 5) is 34.3. The van der Waals surface area contributed by atoms with Crippen LogP contribution in [0.4, 0.5) is 36.4 Å². The lowest BCUT2D eigenvalue weighted by Gasteiger charge is -2.18. The van der Waals surface area contributed by atoms with E-state index in [9.17, 15) is 50.4 Å². The van der Waals surface area contributed by atoms with Gasteiger partial charge in [0.15, 0.2) is 11.6 Å². The van der Waals surface area contributed by atoms with Crippen LogP contribution in [-0.2, 0) is 4.79 Å². The van der Waals surface area contributed by atoms with E-state index in [0.717, 1.165) is 36.4 Å². The van der Waals surface area contributed by atoms with E-state index in [1.54, 1.807) is 5.32 Å². The van der Waals surface area contributed by atoms with Gasteiger partial charge in [0.25, 0.3) is 5.69 Å². The fourth-order valence-corrected chi connectivity index (χ4v) is 3.56. The summed E-state index contributed by atoms with van der Waals surface area (Å²) in [6.07, 6.45) is -9.36. The number of halogens is 9. The highest BCUT2D eigenvalue weighted by atomic mass is 35.5. The van der Waals surface area contributed by atoms with E-state index in [-0.39, 0.29) is 5.56 Å². The Kier molecular flexibility index (Phi) is 9.66. The molecule has 0 saturated carbocycles. The van der Waals surface area contributed by atoms with E-state index in [0.29, 0.717) is 6.08 Å². The summed E-state index contributed by atoms with van der Waals surface area (Å²) < 4.78 is 90.9. The molecule has 6 nitrogen and oxygen atoms in total. The average molecular weight is 575 g/mol. The van der Waals surface area contributed by atoms with Crippen LogP contribution < -0.4 is 5.32 Å². The molecule has 2 aromatic carbocycles. The summed E-state index contributed by atoms with van der Waals surface area (Å²) in [6, 6.07) is 4.33. The molecule has 37 heavy (non-hydrogen) atoms. The predicted molar refractivity (Wildman–Crippen MR) is 120 cm³/mol. The van der Waals surface area contributed by atoms with Gasteiger partial charge in [-0.1, -0.05) is 41.4 Å². The lowest BCUT2D eigenvalue weighted by Crippen LogP contribution is -2.33. The first-order chi connectivity index (χ1) is 17.0. The molecule has 1 atom stereocenters. The van der Waals surface area contributed by atoms with E-state index >= 15 is 0 Å². The Bertz CT molecular complexity index is 1210. The zero-order valence-corrected chi connectivity index (χ0v) is 19.7. The fourth-order valence-electron chi connectivity index (χ4n) is 3.06. The van der Waals surface area contributed by atoms with Crippen molar-refractivity contribution in [1.29, 1.82) is 0 Å². The first kappa shape index (κ1) is 30.0. The van der Waals surface area contributed by atoms with Crippen molar-refractivity contribution in [2.24, 2.45) is 0 Å². The van der Waals surface area contributed by atoms with Gasteiger partial charge in [0.05, 0.1) is 26.4 Å². The highest BCUT2D eigenvalue weighted by Gasteiger charge is 2.39. The van der Waals surface area contributed by atoms with Crippen molar-refractivity contribution >= 4 is 46.7 Å². The molecule has 0 heterocycles. The number of nitrogens with one attached hydrogen (secondary N) is 1. The standard InChI is InChI=1S/C22H15Cl2F7N2O4/c23-15-8-12(9-16(24)20(15)25)14(22(29,30)31)4-2-11-1-3-13(17(7-11)33(36)37)18(34)5-6-19(35)32-10-21(26,27)28/h1-4,7-9,14H,5-6,10H2,(H,32,35)/b4-2+. The van der Waals surface area contributed by atoms with Gasteiger partial charge in [-0.2, -0.15) is 26.3 Å². The van der Waals surface area contributed by atoms with E-state index in [4.69, 9.17) is 23.2 Å². The predicted octanol–water partition coefficient (Wildman–Crippen LogP) is 7.04. The molecule has 0 radical (unpaired) electrons. The van der Waals surface area contributed by atoms with Crippen LogP contribution in [0.5, 0.6) is 0 Å². The van der Waals surface area contributed by atoms with Gasteiger partial charge in [0, 0.05) is 18.9 Å². The molecule has 200 valence electrons. The quantitative estimate of drug-likeness (QED) is 0.114. The number of rotatable bonds is 9. The van der Waals surface area contributed by atoms with Crippen molar-refractivity contribution in [3.63, 3.8) is 0 Å². The fraction of sp³-hybridized carbons (Fsp3) is 0.273. The molecule has 0 fully saturated rings. The second kappa shape index (κ2) is 11.9. The molecule has 0 spiro atoms. The van der Waals surface area contributed by atoms with Gasteiger partial charge in [-0.25, -0.2) is 4.39 Å². The van der Waals surface area contributed by atoms with Crippen molar-refractivity contribution in [1.82, 2.24) is 5.32 Å². The van der Waals surface area contributed by atoms with Gasteiger partial charge in [0.1, 0.15) is 6.54 Å². The molecule has 0 aliphatic carbocycles. The Balaban J connectivity index is 2.28. The first-order valence-corrected chi connectivity index (χ1v) is 10.8. The van der Waals surface area contributed by atoms with E-state index in [1.807, 2.05) is 0 Å². The SMILES string of the molecule is O=C(CCC(=O)c1ccc(/C=C/C(c2cc(Cl)c(F)c(Cl)c2)C(F)(F)F)cc1[N+](=O)[O-])NCC(F)(F)F. The summed E-state index contributed by atoms with van der Waals surface area (Å²) in [6.45, 7) is -1.61. The summed E-state index contributed by atoms with van der Waals surface area (Å²) in [5.41, 5.74) is -1.89. The van der Waals surface area contributed by atoms with E-state index < -0.39 is 86.9 Å². The highest BCUT2D eigenvalue weighted by molar-refractivity contribution is 6.35. The number of allylic oxidation sites excluding steroid dienone is 1. The van der Waals surface area contributed by atoms with Gasteiger partial charge >= 0.3 is 12.4 Å². The molecular weight excluding hydrogens is 560 g/mol. The number of carbonyl (C=O) groups excluding carboxylic acids is 2. The number of carbonyl (C=O) groups is 2. The Morgan fingerprint density at radius 1 is 1.03 bits per heavy atom. The molecule has 2 rings (SSSR count). The second-order valence-electron chi connectivity index (χ2n) is 7.53. The Labute approximate surface area is 214 Å². The number of nitrogens with zero attached hydrogens (tertiary/aromatic N) is 1. The van der Waals surface area contributed by atoms with E-state index in [2.05, 4.69) is 0 Å². The third kappa shape index (κ3) is 8.71. The molecule has 0 saturated heterocycles. The summed E-state index contributed by atoms with van der Waals surface area (Å²) >= 11 is 11.2. The zero-order valence-electron chi connectivity index (χ0n) is 18.2. The Hall–Kier alpha value is -3.19. The molecular formula is C22H15Cl2F7N2O4. The van der Waals surface area contributed by atoms with Crippen LogP contribution >= 0.6 is 23.2 Å². The lowest BCUT2D eigenvalue weighted by atomic mass is 9.96. The van der Waals surface area contributed by atoms with Gasteiger partial charge in [-0.15, -0.1) is 0 Å². The summed E-state index contributed by atoms with van der Waals surface area (Å²) in [5, 5.41) is 11.7. The molecule has 0 aromatic heterocycles. The van der Waals surface area contributed by atoms with Crippen LogP contribution in [0.3, 0.4) is 0 Å². The third-order valence-electron chi connectivity index (χ3n) is 4.78. The van der Waals surface area contributed by atoms with Crippen molar-refractivity contribution in [3.05, 3.63) is 79.1 Å². The number of hydrogen-bond acceptors (Lipinski definition) is 4. The maximum atomic E-state index is 13.6. The number of alkyl halides is 6. The van der Waals surface area contributed by atoms with Crippen molar-refractivity contribution in [2.45, 2.75) is 31.1 Å². The molecule has 0 aliphatic rings. The molecule has 1 N–H and O–H groups in total. The number of ketones is 1. The van der Waals surface area contributed by atoms with Gasteiger partial charge in [-0.3, -0.25) is 19.7 Å². The molecule has 0 bridgehead atoms. The normalized spacial score (nSPS) is 13.0. The van der Waals surface area contributed by atoms with Crippen LogP contribution in [0.1, 0.15) is 40.2 Å². The monoisotopic (exact) mass is 574 g/mol. The maximum absolute atomic E-state index is 13.6. The van der Waals surface area contributed by atoms with Crippen molar-refractivity contribution < 1.29 is 45.2 Å². The second-order valence-corrected chi connectivity index (χ2v) is 8.34. The molecule has 1 unspecified atom stereocenters. The highest BCUT2D eigenvalue weighted by Crippen LogP contribution is 2.39. The Morgan fingerprint density at radius 2 is 1.62 bits per heavy atom. The largest absolute Gasteiger partial charge is 0.405 e. The molecule has 15 heteroatoms. The van der Waals surface area contributed by atoms with Crippen LogP contribution in [0, 0.1) is 15.9 Å². The maximum Gasteiger partial charge on any atom is 0.405 e. The number of hydrogen-bond donors (Lipinski definition) is 1. The lowest BCUT2D eigenvalue weighted by molar-refractivity contribution is -0.385. The minimum Gasteiger partial charge on any atom is -0.347 e. The number of nitro benzene ring substituents is 1. The number of benzene rings is 2. The van der Waals surface area contributed by atoms with Crippen LogP contribution in [0.2, 0.25) is 10.0 Å². The molecule has 2 aromatic rings. The van der Waals surface area contributed by atoms with Crippen molar-refractivity contribution in [2.75, 3.05) is 6.54 Å².